The lowest BCUT2D eigenvalue weighted by Crippen LogP contribution is -2.44. The maximum Gasteiger partial charge on any atom is 0.326 e. The van der Waals surface area contributed by atoms with Crippen molar-refractivity contribution >= 4 is 24.5 Å². The molecule has 1 N–H and O–H groups in total. The van der Waals surface area contributed by atoms with Crippen molar-refractivity contribution in [3.63, 3.8) is 0 Å². The van der Waals surface area contributed by atoms with Gasteiger partial charge in [0.2, 0.25) is 5.91 Å². The number of hydrogen-bond acceptors (Lipinski definition) is 4. The van der Waals surface area contributed by atoms with Gasteiger partial charge in [-0.1, -0.05) is 6.92 Å². The maximum atomic E-state index is 12.1. The fourth-order valence-electron chi connectivity index (χ4n) is 2.06. The Kier molecular flexibility index (Phi) is 5.27. The van der Waals surface area contributed by atoms with E-state index >= 15 is 0 Å². The molecule has 0 aromatic carbocycles. The Labute approximate surface area is 107 Å². The smallest absolute Gasteiger partial charge is 0.326 e. The van der Waals surface area contributed by atoms with Crippen LogP contribution in [-0.4, -0.2) is 53.4 Å². The molecule has 0 saturated carbocycles. The number of likely N-dealkylation sites (tertiary alicyclic amines) is 1. The van der Waals surface area contributed by atoms with Crippen LogP contribution in [0.1, 0.15) is 19.8 Å². The lowest BCUT2D eigenvalue weighted by Gasteiger charge is -2.25. The number of thiol groups is 1. The van der Waals surface area contributed by atoms with Crippen molar-refractivity contribution in [1.82, 2.24) is 4.90 Å². The van der Waals surface area contributed by atoms with E-state index in [1.807, 2.05) is 6.92 Å². The molecule has 1 amide bonds. The molecule has 6 heteroatoms. The second-order valence-corrected chi connectivity index (χ2v) is 4.59. The highest BCUT2D eigenvalue weighted by atomic mass is 32.1. The number of carbonyl (C=O) groups is 2. The van der Waals surface area contributed by atoms with Crippen molar-refractivity contribution in [2.24, 2.45) is 5.92 Å². The summed E-state index contributed by atoms with van der Waals surface area (Å²) in [4.78, 5) is 24.7. The van der Waals surface area contributed by atoms with Gasteiger partial charge in [-0.25, -0.2) is 4.79 Å². The molecule has 1 aliphatic rings. The zero-order valence-electron chi connectivity index (χ0n) is 10.1. The number of nitrogens with zero attached hydrogens (tertiary/aromatic N) is 1. The Morgan fingerprint density at radius 3 is 2.65 bits per heavy atom. The molecule has 0 aromatic rings. The highest BCUT2D eigenvalue weighted by Gasteiger charge is 2.41. The molecule has 17 heavy (non-hydrogen) atoms. The fraction of sp³-hybridized carbons (Fsp3) is 0.818. The number of methoxy groups -OCH3 is 1. The van der Waals surface area contributed by atoms with Crippen LogP contribution in [0.2, 0.25) is 0 Å². The van der Waals surface area contributed by atoms with Gasteiger partial charge in [0.15, 0.2) is 0 Å². The maximum absolute atomic E-state index is 12.1. The largest absolute Gasteiger partial charge is 0.480 e. The number of amides is 1. The third kappa shape index (κ3) is 3.13. The standard InChI is InChI=1S/C11H19NO4S/c1-3-7(6-17)10(13)12-5-8(16-2)4-9(12)11(14)15/h7-9,17H,3-6H2,1-2H3,(H,14,15)/t7?,8-,9+/m0/s1. The second kappa shape index (κ2) is 6.26. The Hall–Kier alpha value is -0.750. The third-order valence-corrected chi connectivity index (χ3v) is 3.67. The first-order valence-electron chi connectivity index (χ1n) is 5.72. The zero-order chi connectivity index (χ0) is 13.0. The Bertz CT molecular complexity index is 293. The fourth-order valence-corrected chi connectivity index (χ4v) is 2.48. The number of carboxylic acid groups (broad SMARTS) is 1. The van der Waals surface area contributed by atoms with E-state index < -0.39 is 12.0 Å². The van der Waals surface area contributed by atoms with Gasteiger partial charge in [-0.2, -0.15) is 12.6 Å². The first kappa shape index (κ1) is 14.3. The van der Waals surface area contributed by atoms with Crippen LogP contribution in [0.5, 0.6) is 0 Å². The quantitative estimate of drug-likeness (QED) is 0.713. The number of carbonyl (C=O) groups excluding carboxylic acids is 1. The topological polar surface area (TPSA) is 66.8 Å². The number of ether oxygens (including phenoxy) is 1. The molecule has 1 heterocycles. The number of carboxylic acids is 1. The predicted octanol–water partition coefficient (Wildman–Crippen LogP) is 0.643. The van der Waals surface area contributed by atoms with E-state index in [0.29, 0.717) is 25.1 Å². The van der Waals surface area contributed by atoms with Crippen molar-refractivity contribution < 1.29 is 19.4 Å². The van der Waals surface area contributed by atoms with Gasteiger partial charge >= 0.3 is 5.97 Å². The summed E-state index contributed by atoms with van der Waals surface area (Å²) in [6, 6.07) is -0.763. The van der Waals surface area contributed by atoms with Gasteiger partial charge in [-0.15, -0.1) is 0 Å². The van der Waals surface area contributed by atoms with Crippen molar-refractivity contribution in [3.8, 4) is 0 Å². The highest BCUT2D eigenvalue weighted by molar-refractivity contribution is 7.80. The van der Waals surface area contributed by atoms with Crippen LogP contribution in [0, 0.1) is 5.92 Å². The number of hydrogen-bond donors (Lipinski definition) is 2. The van der Waals surface area contributed by atoms with Crippen molar-refractivity contribution in [2.75, 3.05) is 19.4 Å². The van der Waals surface area contributed by atoms with E-state index in [-0.39, 0.29) is 17.9 Å². The molecule has 1 rings (SSSR count). The molecule has 0 radical (unpaired) electrons. The summed E-state index contributed by atoms with van der Waals surface area (Å²) in [6.45, 7) is 2.26. The number of aliphatic carboxylic acids is 1. The molecule has 0 aromatic heterocycles. The molecule has 5 nitrogen and oxygen atoms in total. The molecular weight excluding hydrogens is 242 g/mol. The van der Waals surface area contributed by atoms with Gasteiger partial charge in [-0.3, -0.25) is 4.79 Å². The summed E-state index contributed by atoms with van der Waals surface area (Å²) in [7, 11) is 1.54. The molecule has 0 spiro atoms. The van der Waals surface area contributed by atoms with Crippen LogP contribution in [-0.2, 0) is 14.3 Å². The van der Waals surface area contributed by atoms with E-state index in [1.54, 1.807) is 0 Å². The molecule has 1 fully saturated rings. The van der Waals surface area contributed by atoms with Crippen LogP contribution in [0.3, 0.4) is 0 Å². The normalized spacial score (nSPS) is 25.9. The monoisotopic (exact) mass is 261 g/mol. The minimum Gasteiger partial charge on any atom is -0.480 e. The Balaban J connectivity index is 2.79. The molecule has 98 valence electrons. The van der Waals surface area contributed by atoms with Crippen LogP contribution in [0.25, 0.3) is 0 Å². The summed E-state index contributed by atoms with van der Waals surface area (Å²) in [6.07, 6.45) is 0.848. The van der Waals surface area contributed by atoms with Crippen molar-refractivity contribution in [2.45, 2.75) is 31.9 Å². The van der Waals surface area contributed by atoms with Gasteiger partial charge in [0.05, 0.1) is 6.10 Å². The summed E-state index contributed by atoms with van der Waals surface area (Å²) in [5.74, 6) is -0.868. The molecule has 3 atom stereocenters. The molecule has 1 unspecified atom stereocenters. The average molecular weight is 261 g/mol. The molecule has 1 saturated heterocycles. The minimum absolute atomic E-state index is 0.130. The average Bonchev–Trinajstić information content (AvgIpc) is 2.74. The first-order valence-corrected chi connectivity index (χ1v) is 6.35. The van der Waals surface area contributed by atoms with Gasteiger partial charge in [0.25, 0.3) is 0 Å². The van der Waals surface area contributed by atoms with Gasteiger partial charge in [-0.05, 0) is 6.42 Å². The molecule has 0 bridgehead atoms. The van der Waals surface area contributed by atoms with Crippen LogP contribution < -0.4 is 0 Å². The second-order valence-electron chi connectivity index (χ2n) is 4.23. The van der Waals surface area contributed by atoms with Crippen LogP contribution in [0.15, 0.2) is 0 Å². The van der Waals surface area contributed by atoms with Crippen LogP contribution in [0.4, 0.5) is 0 Å². The van der Waals surface area contributed by atoms with E-state index in [1.165, 1.54) is 12.0 Å². The molecule has 1 aliphatic heterocycles. The molecular formula is C11H19NO4S. The predicted molar refractivity (Wildman–Crippen MR) is 66.2 cm³/mol. The minimum atomic E-state index is -0.966. The summed E-state index contributed by atoms with van der Waals surface area (Å²) >= 11 is 4.13. The van der Waals surface area contributed by atoms with E-state index in [2.05, 4.69) is 12.6 Å². The summed E-state index contributed by atoms with van der Waals surface area (Å²) in [5, 5.41) is 9.10. The lowest BCUT2D eigenvalue weighted by atomic mass is 10.1. The van der Waals surface area contributed by atoms with Gasteiger partial charge < -0.3 is 14.7 Å². The SMILES string of the molecule is CCC(CS)C(=O)N1C[C@@H](OC)C[C@@H]1C(=O)O. The zero-order valence-corrected chi connectivity index (χ0v) is 11.0. The number of rotatable bonds is 5. The first-order chi connectivity index (χ1) is 8.04. The Morgan fingerprint density at radius 2 is 2.24 bits per heavy atom. The van der Waals surface area contributed by atoms with E-state index in [9.17, 15) is 9.59 Å². The van der Waals surface area contributed by atoms with Crippen molar-refractivity contribution in [1.29, 1.82) is 0 Å². The molecule has 0 aliphatic carbocycles. The van der Waals surface area contributed by atoms with Crippen molar-refractivity contribution in [3.05, 3.63) is 0 Å². The van der Waals surface area contributed by atoms with Crippen LogP contribution >= 0.6 is 12.6 Å². The third-order valence-electron chi connectivity index (χ3n) is 3.23. The van der Waals surface area contributed by atoms with E-state index in [4.69, 9.17) is 9.84 Å². The Morgan fingerprint density at radius 1 is 1.59 bits per heavy atom. The van der Waals surface area contributed by atoms with Gasteiger partial charge in [0, 0.05) is 31.7 Å². The highest BCUT2D eigenvalue weighted by Crippen LogP contribution is 2.23. The van der Waals surface area contributed by atoms with E-state index in [0.717, 1.165) is 0 Å². The summed E-state index contributed by atoms with van der Waals surface area (Å²) < 4.78 is 5.14. The lowest BCUT2D eigenvalue weighted by molar-refractivity contribution is -0.149. The van der Waals surface area contributed by atoms with Gasteiger partial charge in [0.1, 0.15) is 6.04 Å². The summed E-state index contributed by atoms with van der Waals surface area (Å²) in [5.41, 5.74) is 0.